The van der Waals surface area contributed by atoms with Crippen LogP contribution in [0.15, 0.2) is 18.5 Å². The molecule has 1 rings (SSSR count). The van der Waals surface area contributed by atoms with Crippen LogP contribution in [0.5, 0.6) is 0 Å². The molecule has 4 heteroatoms. The van der Waals surface area contributed by atoms with E-state index in [1.54, 1.807) is 6.07 Å². The van der Waals surface area contributed by atoms with Gasteiger partial charge in [-0.3, -0.25) is 0 Å². The van der Waals surface area contributed by atoms with E-state index in [1.165, 1.54) is 25.2 Å². The molecule has 0 saturated carbocycles. The maximum atomic E-state index is 11.6. The Hall–Kier alpha value is -1.45. The highest BCUT2D eigenvalue weighted by atomic mass is 16.5. The number of carbonyl (C=O) groups is 1. The van der Waals surface area contributed by atoms with Gasteiger partial charge in [-0.2, -0.15) is 0 Å². The second-order valence-corrected chi connectivity index (χ2v) is 4.09. The van der Waals surface area contributed by atoms with Gasteiger partial charge in [0.05, 0.1) is 6.61 Å². The van der Waals surface area contributed by atoms with Gasteiger partial charge in [0.2, 0.25) is 5.82 Å². The summed E-state index contributed by atoms with van der Waals surface area (Å²) in [5.41, 5.74) is 0. The van der Waals surface area contributed by atoms with Gasteiger partial charge in [0.1, 0.15) is 0 Å². The lowest BCUT2D eigenvalue weighted by atomic mass is 10.0. The highest BCUT2D eigenvalue weighted by Gasteiger charge is 2.13. The van der Waals surface area contributed by atoms with Crippen LogP contribution in [-0.2, 0) is 4.74 Å². The lowest BCUT2D eigenvalue weighted by molar-refractivity contribution is 0.0414. The van der Waals surface area contributed by atoms with Gasteiger partial charge in [0, 0.05) is 12.4 Å². The van der Waals surface area contributed by atoms with Gasteiger partial charge in [0.25, 0.3) is 0 Å². The minimum Gasteiger partial charge on any atom is -0.460 e. The van der Waals surface area contributed by atoms with E-state index in [9.17, 15) is 4.79 Å². The Morgan fingerprint density at radius 3 is 2.65 bits per heavy atom. The van der Waals surface area contributed by atoms with Crippen LogP contribution in [0.3, 0.4) is 0 Å². The average Bonchev–Trinajstić information content (AvgIpc) is 2.39. The molecule has 0 spiro atoms. The number of nitrogens with zero attached hydrogens (tertiary/aromatic N) is 2. The van der Waals surface area contributed by atoms with E-state index < -0.39 is 5.97 Å². The van der Waals surface area contributed by atoms with E-state index in [0.717, 1.165) is 12.8 Å². The summed E-state index contributed by atoms with van der Waals surface area (Å²) in [6.07, 6.45) is 7.57. The molecule has 0 aliphatic carbocycles. The third kappa shape index (κ3) is 4.93. The number of esters is 1. The van der Waals surface area contributed by atoms with Crippen molar-refractivity contribution in [3.05, 3.63) is 24.3 Å². The molecule has 17 heavy (non-hydrogen) atoms. The topological polar surface area (TPSA) is 52.1 Å². The van der Waals surface area contributed by atoms with Crippen LogP contribution in [0.2, 0.25) is 0 Å². The Kier molecular flexibility index (Phi) is 6.22. The zero-order valence-electron chi connectivity index (χ0n) is 10.6. The zero-order valence-corrected chi connectivity index (χ0v) is 10.6. The number of ether oxygens (including phenoxy) is 1. The van der Waals surface area contributed by atoms with E-state index in [-0.39, 0.29) is 5.82 Å². The average molecular weight is 236 g/mol. The maximum absolute atomic E-state index is 11.6. The maximum Gasteiger partial charge on any atom is 0.376 e. The van der Waals surface area contributed by atoms with E-state index in [4.69, 9.17) is 4.74 Å². The van der Waals surface area contributed by atoms with Gasteiger partial charge in [-0.25, -0.2) is 14.8 Å². The molecule has 4 nitrogen and oxygen atoms in total. The molecule has 0 N–H and O–H groups in total. The molecule has 1 aromatic heterocycles. The lowest BCUT2D eigenvalue weighted by Crippen LogP contribution is -2.15. The predicted octanol–water partition coefficient (Wildman–Crippen LogP) is 2.85. The molecule has 94 valence electrons. The Labute approximate surface area is 102 Å². The van der Waals surface area contributed by atoms with Crippen molar-refractivity contribution in [2.24, 2.45) is 5.92 Å². The van der Waals surface area contributed by atoms with Crippen LogP contribution >= 0.6 is 0 Å². The molecule has 0 aromatic carbocycles. The van der Waals surface area contributed by atoms with Crippen LogP contribution in [0.25, 0.3) is 0 Å². The van der Waals surface area contributed by atoms with Crippen LogP contribution in [0.4, 0.5) is 0 Å². The van der Waals surface area contributed by atoms with Crippen molar-refractivity contribution in [1.82, 2.24) is 9.97 Å². The lowest BCUT2D eigenvalue weighted by Gasteiger charge is -2.13. The predicted molar refractivity (Wildman–Crippen MR) is 65.6 cm³/mol. The monoisotopic (exact) mass is 236 g/mol. The van der Waals surface area contributed by atoms with Crippen LogP contribution in [0.1, 0.15) is 50.1 Å². The largest absolute Gasteiger partial charge is 0.460 e. The summed E-state index contributed by atoms with van der Waals surface area (Å²) in [5, 5.41) is 0. The van der Waals surface area contributed by atoms with Crippen molar-refractivity contribution in [1.29, 1.82) is 0 Å². The van der Waals surface area contributed by atoms with Crippen molar-refractivity contribution in [2.45, 2.75) is 39.5 Å². The first kappa shape index (κ1) is 13.6. The highest BCUT2D eigenvalue weighted by molar-refractivity contribution is 5.84. The fourth-order valence-corrected chi connectivity index (χ4v) is 1.56. The van der Waals surface area contributed by atoms with Gasteiger partial charge < -0.3 is 4.74 Å². The van der Waals surface area contributed by atoms with E-state index >= 15 is 0 Å². The minimum atomic E-state index is -0.430. The second-order valence-electron chi connectivity index (χ2n) is 4.09. The summed E-state index contributed by atoms with van der Waals surface area (Å²) < 4.78 is 5.21. The molecular weight excluding hydrogens is 216 g/mol. The number of carbonyl (C=O) groups excluding carboxylic acids is 1. The molecule has 0 radical (unpaired) electrons. The summed E-state index contributed by atoms with van der Waals surface area (Å²) in [7, 11) is 0. The Morgan fingerprint density at radius 2 is 2.06 bits per heavy atom. The fraction of sp³-hybridized carbons (Fsp3) is 0.615. The summed E-state index contributed by atoms with van der Waals surface area (Å²) in [5.74, 6) is 0.154. The Morgan fingerprint density at radius 1 is 1.35 bits per heavy atom. The molecule has 0 fully saturated rings. The molecule has 0 aliphatic rings. The van der Waals surface area contributed by atoms with Gasteiger partial charge >= 0.3 is 5.97 Å². The molecule has 1 aromatic rings. The highest BCUT2D eigenvalue weighted by Crippen LogP contribution is 2.13. The second kappa shape index (κ2) is 7.76. The van der Waals surface area contributed by atoms with Crippen molar-refractivity contribution < 1.29 is 9.53 Å². The molecular formula is C13H20N2O2. The van der Waals surface area contributed by atoms with Crippen molar-refractivity contribution in [3.8, 4) is 0 Å². The summed E-state index contributed by atoms with van der Waals surface area (Å²) in [6, 6.07) is 1.67. The quantitative estimate of drug-likeness (QED) is 0.683. The molecule has 0 aliphatic heterocycles. The number of hydrogen-bond acceptors (Lipinski definition) is 4. The molecule has 0 bridgehead atoms. The molecule has 0 amide bonds. The first-order valence-corrected chi connectivity index (χ1v) is 6.22. The fourth-order valence-electron chi connectivity index (χ4n) is 1.56. The normalized spacial score (nSPS) is 12.1. The standard InChI is InChI=1S/C13H20N2O2/c1-3-5-7-11(4-2)10-17-13(16)12-14-8-6-9-15-12/h6,8-9,11H,3-5,7,10H2,1-2H3. The van der Waals surface area contributed by atoms with Crippen molar-refractivity contribution >= 4 is 5.97 Å². The molecule has 1 heterocycles. The summed E-state index contributed by atoms with van der Waals surface area (Å²) in [4.78, 5) is 19.3. The van der Waals surface area contributed by atoms with Crippen molar-refractivity contribution in [3.63, 3.8) is 0 Å². The summed E-state index contributed by atoms with van der Waals surface area (Å²) in [6.45, 7) is 4.75. The Bertz CT molecular complexity index is 327. The minimum absolute atomic E-state index is 0.137. The van der Waals surface area contributed by atoms with Crippen LogP contribution in [-0.4, -0.2) is 22.5 Å². The van der Waals surface area contributed by atoms with Crippen molar-refractivity contribution in [2.75, 3.05) is 6.61 Å². The van der Waals surface area contributed by atoms with E-state index in [2.05, 4.69) is 23.8 Å². The Balaban J connectivity index is 2.36. The third-order valence-electron chi connectivity index (χ3n) is 2.74. The van der Waals surface area contributed by atoms with Gasteiger partial charge in [-0.05, 0) is 18.4 Å². The number of aromatic nitrogens is 2. The number of rotatable bonds is 7. The van der Waals surface area contributed by atoms with Gasteiger partial charge in [-0.1, -0.05) is 33.1 Å². The molecule has 1 unspecified atom stereocenters. The zero-order chi connectivity index (χ0) is 12.5. The first-order chi connectivity index (χ1) is 8.27. The number of unbranched alkanes of at least 4 members (excludes halogenated alkanes) is 1. The van der Waals surface area contributed by atoms with E-state index in [1.807, 2.05) is 0 Å². The third-order valence-corrected chi connectivity index (χ3v) is 2.74. The smallest absolute Gasteiger partial charge is 0.376 e. The van der Waals surface area contributed by atoms with Crippen LogP contribution in [0, 0.1) is 5.92 Å². The van der Waals surface area contributed by atoms with Gasteiger partial charge in [-0.15, -0.1) is 0 Å². The van der Waals surface area contributed by atoms with Crippen LogP contribution < -0.4 is 0 Å². The summed E-state index contributed by atoms with van der Waals surface area (Å²) >= 11 is 0. The molecule has 0 saturated heterocycles. The van der Waals surface area contributed by atoms with E-state index in [0.29, 0.717) is 12.5 Å². The number of hydrogen-bond donors (Lipinski definition) is 0. The first-order valence-electron chi connectivity index (χ1n) is 6.22. The van der Waals surface area contributed by atoms with Gasteiger partial charge in [0.15, 0.2) is 0 Å². The SMILES string of the molecule is CCCCC(CC)COC(=O)c1ncccn1. The molecule has 1 atom stereocenters.